The van der Waals surface area contributed by atoms with Gasteiger partial charge in [0.2, 0.25) is 0 Å². The van der Waals surface area contributed by atoms with E-state index in [0.29, 0.717) is 41.9 Å². The molecule has 1 N–H and O–H groups in total. The number of carbonyl (C=O) groups excluding carboxylic acids is 1. The molecule has 0 heterocycles. The van der Waals surface area contributed by atoms with Crippen LogP contribution in [0.2, 0.25) is 0 Å². The number of benzene rings is 2. The number of aryl methyl sites for hydroxylation is 2. The number of carbonyl (C=O) groups is 2. The summed E-state index contributed by atoms with van der Waals surface area (Å²) >= 11 is 0. The van der Waals surface area contributed by atoms with E-state index in [-0.39, 0.29) is 17.2 Å². The topological polar surface area (TPSA) is 54.4 Å². The zero-order valence-corrected chi connectivity index (χ0v) is 18.6. The number of aromatic carboxylic acids is 1. The van der Waals surface area contributed by atoms with Gasteiger partial charge >= 0.3 is 5.97 Å². The fraction of sp³-hybridized carbons (Fsp3) is 0.500. The van der Waals surface area contributed by atoms with Crippen molar-refractivity contribution < 1.29 is 19.1 Å². The maximum Gasteiger partial charge on any atom is 0.335 e. The molecule has 2 saturated carbocycles. The van der Waals surface area contributed by atoms with E-state index in [1.807, 2.05) is 6.07 Å². The van der Waals surface area contributed by atoms with Crippen molar-refractivity contribution in [2.45, 2.75) is 64.2 Å². The van der Waals surface area contributed by atoms with Crippen LogP contribution < -0.4 is 0 Å². The number of carboxylic acids is 1. The highest BCUT2D eigenvalue weighted by molar-refractivity contribution is 5.88. The van der Waals surface area contributed by atoms with Gasteiger partial charge < -0.3 is 5.11 Å². The van der Waals surface area contributed by atoms with Gasteiger partial charge in [-0.05, 0) is 109 Å². The van der Waals surface area contributed by atoms with Crippen LogP contribution in [0.3, 0.4) is 0 Å². The number of halogens is 1. The molecule has 0 aromatic heterocycles. The monoisotopic (exact) mass is 434 g/mol. The molecule has 32 heavy (non-hydrogen) atoms. The van der Waals surface area contributed by atoms with Crippen LogP contribution >= 0.6 is 0 Å². The molecule has 0 bridgehead atoms. The Hall–Kier alpha value is -2.49. The maximum atomic E-state index is 13.3. The summed E-state index contributed by atoms with van der Waals surface area (Å²) in [4.78, 5) is 24.6. The van der Waals surface area contributed by atoms with E-state index in [2.05, 4.69) is 13.0 Å². The number of fused-ring (bicyclic) bond motifs is 5. The Morgan fingerprint density at radius 1 is 1.06 bits per heavy atom. The van der Waals surface area contributed by atoms with E-state index in [1.54, 1.807) is 18.2 Å². The van der Waals surface area contributed by atoms with Gasteiger partial charge in [0, 0.05) is 12.3 Å². The summed E-state index contributed by atoms with van der Waals surface area (Å²) in [7, 11) is 0. The number of hydrogen-bond donors (Lipinski definition) is 1. The van der Waals surface area contributed by atoms with E-state index in [1.165, 1.54) is 23.3 Å². The first-order valence-electron chi connectivity index (χ1n) is 12.0. The molecule has 5 atom stereocenters. The third-order valence-electron chi connectivity index (χ3n) is 8.94. The number of Topliss-reactive ketones (excluding diaryl/α,β-unsaturated/α-hetero) is 1. The summed E-state index contributed by atoms with van der Waals surface area (Å²) < 4.78 is 13.2. The third kappa shape index (κ3) is 3.58. The van der Waals surface area contributed by atoms with Crippen molar-refractivity contribution in [1.82, 2.24) is 0 Å². The molecule has 0 amide bonds. The van der Waals surface area contributed by atoms with Crippen molar-refractivity contribution in [3.8, 4) is 0 Å². The Morgan fingerprint density at radius 2 is 1.84 bits per heavy atom. The summed E-state index contributed by atoms with van der Waals surface area (Å²) in [6.07, 6.45) is 7.50. The zero-order chi connectivity index (χ0) is 22.5. The molecule has 2 aromatic rings. The first-order valence-corrected chi connectivity index (χ1v) is 12.0. The Kier molecular flexibility index (Phi) is 5.43. The van der Waals surface area contributed by atoms with Crippen LogP contribution in [0.1, 0.15) is 78.4 Å². The second-order valence-electron chi connectivity index (χ2n) is 10.4. The summed E-state index contributed by atoms with van der Waals surface area (Å²) in [6, 6.07) is 12.2. The summed E-state index contributed by atoms with van der Waals surface area (Å²) in [6.45, 7) is 2.35. The lowest BCUT2D eigenvalue weighted by Crippen LogP contribution is -2.44. The minimum absolute atomic E-state index is 0.0690. The number of carboxylic acid groups (broad SMARTS) is 1. The van der Waals surface area contributed by atoms with Crippen LogP contribution in [0, 0.1) is 29.0 Å². The van der Waals surface area contributed by atoms with Crippen molar-refractivity contribution in [1.29, 1.82) is 0 Å². The molecule has 2 fully saturated rings. The van der Waals surface area contributed by atoms with Crippen LogP contribution in [0.15, 0.2) is 42.5 Å². The molecule has 0 spiro atoms. The van der Waals surface area contributed by atoms with Gasteiger partial charge in [0.25, 0.3) is 0 Å². The second-order valence-corrected chi connectivity index (χ2v) is 10.4. The minimum atomic E-state index is -0.857. The zero-order valence-electron chi connectivity index (χ0n) is 18.6. The summed E-state index contributed by atoms with van der Waals surface area (Å²) in [5.74, 6) is 1.05. The van der Waals surface area contributed by atoms with Gasteiger partial charge in [0.05, 0.1) is 5.56 Å². The SMILES string of the molecule is C[C@]12CC[C@@H]3c4ccc(C(=O)O)cc4CC[C@H]3[C@@H]1CC[C@@H]2C(=O)CCc1ccc(F)cc1. The van der Waals surface area contributed by atoms with Gasteiger partial charge in [0.1, 0.15) is 11.6 Å². The first kappa shape index (κ1) is 21.4. The summed E-state index contributed by atoms with van der Waals surface area (Å²) in [5, 5.41) is 9.34. The normalized spacial score (nSPS) is 30.8. The van der Waals surface area contributed by atoms with Crippen LogP contribution in [-0.2, 0) is 17.6 Å². The van der Waals surface area contributed by atoms with Crippen molar-refractivity contribution >= 4 is 11.8 Å². The lowest BCUT2D eigenvalue weighted by atomic mass is 9.53. The Bertz CT molecular complexity index is 1040. The van der Waals surface area contributed by atoms with Crippen LogP contribution in [0.4, 0.5) is 4.39 Å². The highest BCUT2D eigenvalue weighted by Crippen LogP contribution is 2.63. The van der Waals surface area contributed by atoms with Crippen molar-refractivity contribution in [2.75, 3.05) is 0 Å². The summed E-state index contributed by atoms with van der Waals surface area (Å²) in [5.41, 5.74) is 4.03. The molecule has 3 aliphatic rings. The minimum Gasteiger partial charge on any atom is -0.478 e. The molecule has 0 aliphatic heterocycles. The number of hydrogen-bond acceptors (Lipinski definition) is 2. The Balaban J connectivity index is 1.31. The first-order chi connectivity index (χ1) is 15.4. The average molecular weight is 435 g/mol. The second kappa shape index (κ2) is 8.13. The average Bonchev–Trinajstić information content (AvgIpc) is 3.15. The molecule has 168 valence electrons. The molecule has 4 heteroatoms. The van der Waals surface area contributed by atoms with Gasteiger partial charge in [-0.3, -0.25) is 4.79 Å². The molecule has 0 unspecified atom stereocenters. The van der Waals surface area contributed by atoms with E-state index < -0.39 is 5.97 Å². The van der Waals surface area contributed by atoms with Crippen molar-refractivity contribution in [2.24, 2.45) is 23.2 Å². The lowest BCUT2D eigenvalue weighted by molar-refractivity contribution is -0.128. The lowest BCUT2D eigenvalue weighted by Gasteiger charge is -2.50. The molecule has 3 nitrogen and oxygen atoms in total. The van der Waals surface area contributed by atoms with E-state index in [9.17, 15) is 19.1 Å². The molecule has 3 aliphatic carbocycles. The molecule has 0 radical (unpaired) electrons. The Morgan fingerprint density at radius 3 is 2.59 bits per heavy atom. The maximum absolute atomic E-state index is 13.3. The van der Waals surface area contributed by atoms with Crippen molar-refractivity contribution in [3.63, 3.8) is 0 Å². The number of ketones is 1. The molecular weight excluding hydrogens is 403 g/mol. The molecule has 0 saturated heterocycles. The standard InChI is InChI=1S/C28H31FO3/c1-28-15-14-22-21-9-6-19(27(31)32)16-18(21)5-10-23(22)24(28)11-12-25(28)26(30)13-4-17-2-7-20(29)8-3-17/h2-3,6-9,16,22-25H,4-5,10-15H2,1H3,(H,31,32)/t22-,23-,24+,25-,28+/m1/s1. The van der Waals surface area contributed by atoms with Gasteiger partial charge in [-0.15, -0.1) is 0 Å². The van der Waals surface area contributed by atoms with Gasteiger partial charge in [-0.2, -0.15) is 0 Å². The molecule has 5 rings (SSSR count). The van der Waals surface area contributed by atoms with Gasteiger partial charge in [-0.25, -0.2) is 9.18 Å². The highest BCUT2D eigenvalue weighted by atomic mass is 19.1. The van der Waals surface area contributed by atoms with E-state index in [0.717, 1.165) is 44.1 Å². The number of rotatable bonds is 5. The fourth-order valence-electron chi connectivity index (χ4n) is 7.34. The molecule has 2 aromatic carbocycles. The van der Waals surface area contributed by atoms with Crippen LogP contribution in [0.25, 0.3) is 0 Å². The third-order valence-corrected chi connectivity index (χ3v) is 8.94. The Labute approximate surface area is 189 Å². The smallest absolute Gasteiger partial charge is 0.335 e. The van der Waals surface area contributed by atoms with Gasteiger partial charge in [-0.1, -0.05) is 25.1 Å². The highest BCUT2D eigenvalue weighted by Gasteiger charge is 2.56. The fourth-order valence-corrected chi connectivity index (χ4v) is 7.34. The van der Waals surface area contributed by atoms with Crippen LogP contribution in [0.5, 0.6) is 0 Å². The van der Waals surface area contributed by atoms with E-state index in [4.69, 9.17) is 0 Å². The van der Waals surface area contributed by atoms with Crippen LogP contribution in [-0.4, -0.2) is 16.9 Å². The largest absolute Gasteiger partial charge is 0.478 e. The van der Waals surface area contributed by atoms with E-state index >= 15 is 0 Å². The predicted octanol–water partition coefficient (Wildman–Crippen LogP) is 6.20. The van der Waals surface area contributed by atoms with Gasteiger partial charge in [0.15, 0.2) is 0 Å². The quantitative estimate of drug-likeness (QED) is 0.610. The molecular formula is C28H31FO3. The predicted molar refractivity (Wildman–Crippen MR) is 121 cm³/mol. The van der Waals surface area contributed by atoms with Crippen molar-refractivity contribution in [3.05, 3.63) is 70.5 Å².